The Morgan fingerprint density at radius 3 is 2.35 bits per heavy atom. The minimum Gasteiger partial charge on any atom is -0.480 e. The fourth-order valence-corrected chi connectivity index (χ4v) is 1.43. The molecule has 5 nitrogen and oxygen atoms in total. The molecule has 94 valence electrons. The molecule has 1 aromatic heterocycles. The summed E-state index contributed by atoms with van der Waals surface area (Å²) in [5.74, 6) is -0.881. The molecule has 5 heteroatoms. The molecule has 1 aromatic rings. The number of rotatable bonds is 3. The second-order valence-corrected chi connectivity index (χ2v) is 5.06. The third-order valence-corrected chi connectivity index (χ3v) is 2.38. The van der Waals surface area contributed by atoms with Crippen LogP contribution in [0.4, 0.5) is 0 Å². The molecule has 0 spiro atoms. The van der Waals surface area contributed by atoms with Gasteiger partial charge in [-0.05, 0) is 18.4 Å². The van der Waals surface area contributed by atoms with Gasteiger partial charge in [-0.3, -0.25) is 4.79 Å². The molecule has 0 aliphatic heterocycles. The standard InChI is InChI=1S/C12H17NO4/c1-7-5-8(6-17-7)10(14)13-9(11(15)16)12(2,3)4/h5-6,9H,1-4H3,(H,13,14)(H,15,16). The quantitative estimate of drug-likeness (QED) is 0.843. The minimum atomic E-state index is -1.05. The second kappa shape index (κ2) is 4.61. The summed E-state index contributed by atoms with van der Waals surface area (Å²) in [7, 11) is 0. The highest BCUT2D eigenvalue weighted by Gasteiger charge is 2.32. The lowest BCUT2D eigenvalue weighted by Gasteiger charge is -2.27. The van der Waals surface area contributed by atoms with Crippen LogP contribution in [0.25, 0.3) is 0 Å². The number of aliphatic carboxylic acids is 1. The lowest BCUT2D eigenvalue weighted by atomic mass is 9.86. The van der Waals surface area contributed by atoms with E-state index in [2.05, 4.69) is 5.32 Å². The predicted molar refractivity (Wildman–Crippen MR) is 61.8 cm³/mol. The van der Waals surface area contributed by atoms with Crippen LogP contribution in [0.5, 0.6) is 0 Å². The number of aryl methyl sites for hydroxylation is 1. The van der Waals surface area contributed by atoms with Crippen LogP contribution in [-0.2, 0) is 4.79 Å². The van der Waals surface area contributed by atoms with Crippen LogP contribution in [-0.4, -0.2) is 23.0 Å². The zero-order valence-corrected chi connectivity index (χ0v) is 10.4. The van der Waals surface area contributed by atoms with Crippen molar-refractivity contribution in [1.29, 1.82) is 0 Å². The highest BCUT2D eigenvalue weighted by molar-refractivity contribution is 5.96. The Labute approximate surface area is 99.8 Å². The first-order valence-corrected chi connectivity index (χ1v) is 5.30. The van der Waals surface area contributed by atoms with Crippen LogP contribution >= 0.6 is 0 Å². The molecule has 0 saturated heterocycles. The van der Waals surface area contributed by atoms with E-state index >= 15 is 0 Å². The van der Waals surface area contributed by atoms with E-state index in [0.29, 0.717) is 11.3 Å². The molecule has 0 saturated carbocycles. The van der Waals surface area contributed by atoms with Gasteiger partial charge in [0.25, 0.3) is 5.91 Å². The number of carboxylic acids is 1. The molecule has 0 fully saturated rings. The molecular weight excluding hydrogens is 222 g/mol. The first-order chi connectivity index (χ1) is 7.71. The van der Waals surface area contributed by atoms with E-state index in [0.717, 1.165) is 0 Å². The van der Waals surface area contributed by atoms with Crippen molar-refractivity contribution >= 4 is 11.9 Å². The second-order valence-electron chi connectivity index (χ2n) is 5.06. The van der Waals surface area contributed by atoms with E-state index in [9.17, 15) is 9.59 Å². The van der Waals surface area contributed by atoms with Crippen molar-refractivity contribution in [3.05, 3.63) is 23.7 Å². The van der Waals surface area contributed by atoms with Crippen molar-refractivity contribution < 1.29 is 19.1 Å². The van der Waals surface area contributed by atoms with Crippen molar-refractivity contribution in [2.24, 2.45) is 5.41 Å². The fraction of sp³-hybridized carbons (Fsp3) is 0.500. The molecule has 2 N–H and O–H groups in total. The SMILES string of the molecule is Cc1cc(C(=O)NC(C(=O)O)C(C)(C)C)co1. The van der Waals surface area contributed by atoms with E-state index in [1.807, 2.05) is 0 Å². The van der Waals surface area contributed by atoms with Crippen molar-refractivity contribution in [2.45, 2.75) is 33.7 Å². The Hall–Kier alpha value is -1.78. The lowest BCUT2D eigenvalue weighted by Crippen LogP contribution is -2.49. The predicted octanol–water partition coefficient (Wildman–Crippen LogP) is 1.82. The van der Waals surface area contributed by atoms with E-state index in [4.69, 9.17) is 9.52 Å². The molecule has 17 heavy (non-hydrogen) atoms. The highest BCUT2D eigenvalue weighted by Crippen LogP contribution is 2.20. The maximum atomic E-state index is 11.8. The largest absolute Gasteiger partial charge is 0.480 e. The number of carbonyl (C=O) groups excluding carboxylic acids is 1. The number of carbonyl (C=O) groups is 2. The Bertz CT molecular complexity index is 428. The molecule has 1 heterocycles. The summed E-state index contributed by atoms with van der Waals surface area (Å²) in [6.07, 6.45) is 1.31. The first kappa shape index (κ1) is 13.3. The molecular formula is C12H17NO4. The van der Waals surface area contributed by atoms with Crippen LogP contribution in [0.1, 0.15) is 36.9 Å². The van der Waals surface area contributed by atoms with Gasteiger partial charge in [0.1, 0.15) is 18.1 Å². The maximum absolute atomic E-state index is 11.8. The van der Waals surface area contributed by atoms with Gasteiger partial charge in [0.05, 0.1) is 5.56 Å². The number of nitrogens with one attached hydrogen (secondary N) is 1. The van der Waals surface area contributed by atoms with E-state index in [1.165, 1.54) is 6.26 Å². The zero-order valence-electron chi connectivity index (χ0n) is 10.4. The van der Waals surface area contributed by atoms with Crippen LogP contribution < -0.4 is 5.32 Å². The van der Waals surface area contributed by atoms with E-state index < -0.39 is 23.3 Å². The van der Waals surface area contributed by atoms with Gasteiger partial charge in [-0.2, -0.15) is 0 Å². The lowest BCUT2D eigenvalue weighted by molar-refractivity contribution is -0.142. The number of hydrogen-bond acceptors (Lipinski definition) is 3. The summed E-state index contributed by atoms with van der Waals surface area (Å²) in [5, 5.41) is 11.6. The van der Waals surface area contributed by atoms with Crippen LogP contribution in [0.3, 0.4) is 0 Å². The van der Waals surface area contributed by atoms with Crippen molar-refractivity contribution in [3.8, 4) is 0 Å². The van der Waals surface area contributed by atoms with Gasteiger partial charge in [0.15, 0.2) is 0 Å². The average molecular weight is 239 g/mol. The number of carboxylic acid groups (broad SMARTS) is 1. The summed E-state index contributed by atoms with van der Waals surface area (Å²) >= 11 is 0. The Morgan fingerprint density at radius 1 is 1.41 bits per heavy atom. The topological polar surface area (TPSA) is 79.5 Å². The average Bonchev–Trinajstić information content (AvgIpc) is 2.58. The Balaban J connectivity index is 2.82. The van der Waals surface area contributed by atoms with Gasteiger partial charge in [-0.15, -0.1) is 0 Å². The van der Waals surface area contributed by atoms with Gasteiger partial charge < -0.3 is 14.8 Å². The Kier molecular flexibility index (Phi) is 3.60. The van der Waals surface area contributed by atoms with Crippen molar-refractivity contribution in [1.82, 2.24) is 5.32 Å². The monoisotopic (exact) mass is 239 g/mol. The van der Waals surface area contributed by atoms with Crippen LogP contribution in [0.2, 0.25) is 0 Å². The summed E-state index contributed by atoms with van der Waals surface area (Å²) in [5.41, 5.74) is -0.224. The Morgan fingerprint density at radius 2 is 2.00 bits per heavy atom. The molecule has 1 unspecified atom stereocenters. The summed E-state index contributed by atoms with van der Waals surface area (Å²) in [6.45, 7) is 6.99. The van der Waals surface area contributed by atoms with Gasteiger partial charge in [-0.25, -0.2) is 4.79 Å². The van der Waals surface area contributed by atoms with Gasteiger partial charge in [0, 0.05) is 0 Å². The van der Waals surface area contributed by atoms with Gasteiger partial charge in [0.2, 0.25) is 0 Å². The third kappa shape index (κ3) is 3.34. The third-order valence-electron chi connectivity index (χ3n) is 2.38. The van der Waals surface area contributed by atoms with E-state index in [-0.39, 0.29) is 0 Å². The number of hydrogen-bond donors (Lipinski definition) is 2. The van der Waals surface area contributed by atoms with Gasteiger partial charge in [-0.1, -0.05) is 20.8 Å². The van der Waals surface area contributed by atoms with Crippen LogP contribution in [0, 0.1) is 12.3 Å². The molecule has 1 rings (SSSR count). The summed E-state index contributed by atoms with van der Waals surface area (Å²) in [4.78, 5) is 22.9. The molecule has 1 amide bonds. The molecule has 0 aliphatic carbocycles. The molecule has 1 atom stereocenters. The molecule has 0 aliphatic rings. The van der Waals surface area contributed by atoms with Crippen molar-refractivity contribution in [3.63, 3.8) is 0 Å². The normalized spacial score (nSPS) is 13.2. The molecule has 0 radical (unpaired) electrons. The number of amides is 1. The molecule has 0 bridgehead atoms. The van der Waals surface area contributed by atoms with Gasteiger partial charge >= 0.3 is 5.97 Å². The minimum absolute atomic E-state index is 0.331. The number of furan rings is 1. The first-order valence-electron chi connectivity index (χ1n) is 5.30. The summed E-state index contributed by atoms with van der Waals surface area (Å²) < 4.78 is 5.01. The maximum Gasteiger partial charge on any atom is 0.326 e. The molecule has 0 aromatic carbocycles. The zero-order chi connectivity index (χ0) is 13.2. The summed E-state index contributed by atoms with van der Waals surface area (Å²) in [6, 6.07) is 0.627. The van der Waals surface area contributed by atoms with E-state index in [1.54, 1.807) is 33.8 Å². The smallest absolute Gasteiger partial charge is 0.326 e. The highest BCUT2D eigenvalue weighted by atomic mass is 16.4. The fourth-order valence-electron chi connectivity index (χ4n) is 1.43. The van der Waals surface area contributed by atoms with Crippen molar-refractivity contribution in [2.75, 3.05) is 0 Å². The van der Waals surface area contributed by atoms with Crippen LogP contribution in [0.15, 0.2) is 16.7 Å².